The Kier molecular flexibility index (Phi) is 8.63. The second kappa shape index (κ2) is 12.1. The van der Waals surface area contributed by atoms with E-state index in [1.807, 2.05) is 66.9 Å². The lowest BCUT2D eigenvalue weighted by molar-refractivity contribution is 0.00566. The predicted molar refractivity (Wildman–Crippen MR) is 171 cm³/mol. The summed E-state index contributed by atoms with van der Waals surface area (Å²) in [5.74, 6) is 0.150. The van der Waals surface area contributed by atoms with Crippen LogP contribution in [0.2, 0.25) is 0 Å². The number of aryl methyl sites for hydroxylation is 2. The Bertz CT molecular complexity index is 1700. The number of hydrogen-bond acceptors (Lipinski definition) is 10. The van der Waals surface area contributed by atoms with Crippen LogP contribution in [0.5, 0.6) is 10.9 Å². The van der Waals surface area contributed by atoms with Gasteiger partial charge in [-0.15, -0.1) is 0 Å². The number of rotatable bonds is 7. The molecule has 12 nitrogen and oxygen atoms in total. The van der Waals surface area contributed by atoms with Crippen molar-refractivity contribution in [2.75, 3.05) is 44.3 Å². The zero-order valence-electron chi connectivity index (χ0n) is 26.7. The maximum atomic E-state index is 13.9. The number of methoxy groups -OCH3 is 2. The van der Waals surface area contributed by atoms with Gasteiger partial charge < -0.3 is 29.2 Å². The summed E-state index contributed by atoms with van der Waals surface area (Å²) < 4.78 is 24.8. The molecule has 0 unspecified atom stereocenters. The second-order valence-corrected chi connectivity index (χ2v) is 13.1. The van der Waals surface area contributed by atoms with Gasteiger partial charge >= 0.3 is 6.09 Å². The minimum atomic E-state index is -0.575. The van der Waals surface area contributed by atoms with Crippen LogP contribution in [0.3, 0.4) is 0 Å². The molecule has 0 saturated carbocycles. The molecule has 1 fully saturated rings. The largest absolute Gasteiger partial charge is 0.473 e. The van der Waals surface area contributed by atoms with Crippen molar-refractivity contribution in [1.29, 1.82) is 0 Å². The highest BCUT2D eigenvalue weighted by Gasteiger charge is 2.36. The first-order chi connectivity index (χ1) is 20.8. The van der Waals surface area contributed by atoms with Gasteiger partial charge in [0.15, 0.2) is 12.5 Å². The van der Waals surface area contributed by atoms with Gasteiger partial charge in [0, 0.05) is 44.4 Å². The number of aromatic nitrogens is 3. The first kappa shape index (κ1) is 31.3. The fourth-order valence-electron chi connectivity index (χ4n) is 5.71. The lowest BCUT2D eigenvalue weighted by Gasteiger charge is -2.45. The van der Waals surface area contributed by atoms with Gasteiger partial charge in [0.1, 0.15) is 11.1 Å². The number of fused-ring (bicyclic) bond motifs is 2. The standard InChI is InChI=1S/C31H40N6O6S/c1-17-13-36(14-18(2)37(17)30(39)43-31(4,5)6)23-11-10-21(25-27(23)44-29(33-25)41-9)28(38)32-22-12-20-15-35(7)34-24(20)19(3)26(22)42-16-40-8/h10-12,15,17-18H,13-14,16H2,1-9H3,(H,32,38)/t17-,18-/m0/s1. The van der Waals surface area contributed by atoms with E-state index in [0.717, 1.165) is 26.9 Å². The lowest BCUT2D eigenvalue weighted by Crippen LogP contribution is -2.59. The number of nitrogens with zero attached hydrogens (tertiary/aromatic N) is 5. The minimum absolute atomic E-state index is 0.0162. The van der Waals surface area contributed by atoms with Gasteiger partial charge in [-0.3, -0.25) is 14.4 Å². The summed E-state index contributed by atoms with van der Waals surface area (Å²) in [6, 6.07) is 5.37. The molecule has 1 aliphatic rings. The van der Waals surface area contributed by atoms with Crippen LogP contribution in [0.4, 0.5) is 16.2 Å². The van der Waals surface area contributed by atoms with Crippen LogP contribution in [0, 0.1) is 6.92 Å². The number of hydrogen-bond donors (Lipinski definition) is 1. The van der Waals surface area contributed by atoms with E-state index in [0.29, 0.717) is 40.8 Å². The molecular formula is C31H40N6O6S. The van der Waals surface area contributed by atoms with Crippen LogP contribution >= 0.6 is 11.3 Å². The molecule has 2 aromatic carbocycles. The summed E-state index contributed by atoms with van der Waals surface area (Å²) in [5.41, 5.74) is 3.37. The topological polar surface area (TPSA) is 120 Å². The average Bonchev–Trinajstić information content (AvgIpc) is 3.54. The summed E-state index contributed by atoms with van der Waals surface area (Å²) in [6.07, 6.45) is 1.57. The summed E-state index contributed by atoms with van der Waals surface area (Å²) in [6.45, 7) is 12.7. The quantitative estimate of drug-likeness (QED) is 0.263. The Labute approximate surface area is 260 Å². The smallest absolute Gasteiger partial charge is 0.410 e. The number of piperazine rings is 1. The van der Waals surface area contributed by atoms with E-state index in [1.54, 1.807) is 29.9 Å². The van der Waals surface area contributed by atoms with Gasteiger partial charge in [0.25, 0.3) is 11.1 Å². The van der Waals surface area contributed by atoms with E-state index in [2.05, 4.69) is 20.3 Å². The van der Waals surface area contributed by atoms with E-state index in [1.165, 1.54) is 11.3 Å². The molecule has 2 aromatic heterocycles. The van der Waals surface area contributed by atoms with E-state index in [4.69, 9.17) is 18.9 Å². The Morgan fingerprint density at radius 1 is 1.11 bits per heavy atom. The van der Waals surface area contributed by atoms with Gasteiger partial charge in [-0.25, -0.2) is 9.78 Å². The first-order valence-corrected chi connectivity index (χ1v) is 15.3. The molecule has 236 valence electrons. The molecule has 1 saturated heterocycles. The number of amides is 2. The predicted octanol–water partition coefficient (Wildman–Crippen LogP) is 5.57. The molecule has 1 N–H and O–H groups in total. The van der Waals surface area contributed by atoms with Crippen molar-refractivity contribution in [3.8, 4) is 10.9 Å². The number of carbonyl (C=O) groups excluding carboxylic acids is 2. The molecule has 0 bridgehead atoms. The van der Waals surface area contributed by atoms with Crippen molar-refractivity contribution >= 4 is 55.8 Å². The fourth-order valence-corrected chi connectivity index (χ4v) is 6.66. The Morgan fingerprint density at radius 3 is 2.45 bits per heavy atom. The maximum Gasteiger partial charge on any atom is 0.410 e. The van der Waals surface area contributed by atoms with E-state index < -0.39 is 5.60 Å². The van der Waals surface area contributed by atoms with Crippen LogP contribution in [-0.2, 0) is 16.5 Å². The molecule has 5 rings (SSSR count). The molecule has 0 spiro atoms. The molecule has 3 heterocycles. The first-order valence-electron chi connectivity index (χ1n) is 14.4. The van der Waals surface area contributed by atoms with E-state index >= 15 is 0 Å². The third-order valence-electron chi connectivity index (χ3n) is 7.45. The summed E-state index contributed by atoms with van der Waals surface area (Å²) in [7, 11) is 4.95. The van der Waals surface area contributed by atoms with E-state index in [9.17, 15) is 9.59 Å². The molecule has 4 aromatic rings. The highest BCUT2D eigenvalue weighted by atomic mass is 32.1. The number of nitrogens with one attached hydrogen (secondary N) is 1. The van der Waals surface area contributed by atoms with Crippen molar-refractivity contribution in [3.63, 3.8) is 0 Å². The van der Waals surface area contributed by atoms with Gasteiger partial charge in [0.05, 0.1) is 46.3 Å². The normalized spacial score (nSPS) is 17.3. The van der Waals surface area contributed by atoms with E-state index in [-0.39, 0.29) is 30.9 Å². The van der Waals surface area contributed by atoms with Crippen LogP contribution in [0.15, 0.2) is 24.4 Å². The Balaban J connectivity index is 1.47. The SMILES string of the molecule is COCOc1c(NC(=O)c2ccc(N3C[C@H](C)N(C(=O)OC(C)(C)C)[C@@H](C)C3)c3sc(OC)nc23)cc2cn(C)nc2c1C. The molecule has 2 amide bonds. The van der Waals surface area contributed by atoms with Crippen LogP contribution in [-0.4, -0.2) is 83.5 Å². The maximum absolute atomic E-state index is 13.9. The molecule has 0 aliphatic carbocycles. The highest BCUT2D eigenvalue weighted by molar-refractivity contribution is 7.21. The van der Waals surface area contributed by atoms with Crippen molar-refractivity contribution in [1.82, 2.24) is 19.7 Å². The summed E-state index contributed by atoms with van der Waals surface area (Å²) >= 11 is 1.38. The van der Waals surface area contributed by atoms with Crippen molar-refractivity contribution in [2.45, 2.75) is 59.2 Å². The van der Waals surface area contributed by atoms with Crippen molar-refractivity contribution < 1.29 is 28.5 Å². The van der Waals surface area contributed by atoms with Crippen LogP contribution in [0.25, 0.3) is 21.1 Å². The van der Waals surface area contributed by atoms with Gasteiger partial charge in [-0.2, -0.15) is 5.10 Å². The zero-order chi connectivity index (χ0) is 31.9. The molecule has 1 aliphatic heterocycles. The average molecular weight is 625 g/mol. The van der Waals surface area contributed by atoms with Crippen LogP contribution in [0.1, 0.15) is 50.5 Å². The molecular weight excluding hydrogens is 584 g/mol. The monoisotopic (exact) mass is 624 g/mol. The van der Waals surface area contributed by atoms with Gasteiger partial charge in [-0.05, 0) is 59.7 Å². The highest BCUT2D eigenvalue weighted by Crippen LogP contribution is 2.40. The zero-order valence-corrected chi connectivity index (χ0v) is 27.5. The van der Waals surface area contributed by atoms with Gasteiger partial charge in [0.2, 0.25) is 0 Å². The molecule has 13 heteroatoms. The van der Waals surface area contributed by atoms with Crippen molar-refractivity contribution in [3.05, 3.63) is 35.5 Å². The second-order valence-electron chi connectivity index (χ2n) is 12.1. The minimum Gasteiger partial charge on any atom is -0.473 e. The third-order valence-corrected chi connectivity index (χ3v) is 8.49. The summed E-state index contributed by atoms with van der Waals surface area (Å²) in [5, 5.41) is 8.90. The number of anilines is 2. The third kappa shape index (κ3) is 6.11. The van der Waals surface area contributed by atoms with Crippen LogP contribution < -0.4 is 19.7 Å². The Hall–Kier alpha value is -4.10. The number of ether oxygens (including phenoxy) is 4. The number of carbonyl (C=O) groups is 2. The van der Waals surface area contributed by atoms with Crippen molar-refractivity contribution in [2.24, 2.45) is 7.05 Å². The Morgan fingerprint density at radius 2 is 1.82 bits per heavy atom. The summed E-state index contributed by atoms with van der Waals surface area (Å²) in [4.78, 5) is 35.5. The number of thiazole rings is 1. The van der Waals surface area contributed by atoms with Gasteiger partial charge in [-0.1, -0.05) is 11.3 Å². The number of benzene rings is 2. The molecule has 0 radical (unpaired) electrons. The fraction of sp³-hybridized carbons (Fsp3) is 0.484. The lowest BCUT2D eigenvalue weighted by atomic mass is 10.1. The molecule has 44 heavy (non-hydrogen) atoms. The molecule has 2 atom stereocenters.